The Balaban J connectivity index is 1.41. The minimum absolute atomic E-state index is 0.0610. The van der Waals surface area contributed by atoms with Gasteiger partial charge >= 0.3 is 0 Å². The van der Waals surface area contributed by atoms with Gasteiger partial charge in [-0.05, 0) is 61.6 Å². The number of methoxy groups -OCH3 is 2. The van der Waals surface area contributed by atoms with Crippen LogP contribution in [-0.4, -0.2) is 64.5 Å². The number of aryl methyl sites for hydroxylation is 1. The van der Waals surface area contributed by atoms with Gasteiger partial charge in [-0.1, -0.05) is 36.1 Å². The summed E-state index contributed by atoms with van der Waals surface area (Å²) in [7, 11) is 3.18. The van der Waals surface area contributed by atoms with Crippen LogP contribution < -0.4 is 20.3 Å². The Labute approximate surface area is 236 Å². The number of amides is 1. The van der Waals surface area contributed by atoms with Gasteiger partial charge in [0.15, 0.2) is 11.5 Å². The minimum atomic E-state index is -0.255. The van der Waals surface area contributed by atoms with Crippen molar-refractivity contribution in [2.45, 2.75) is 32.3 Å². The number of nitrogens with one attached hydrogen (secondary N) is 1. The van der Waals surface area contributed by atoms with Crippen LogP contribution in [0.3, 0.4) is 0 Å². The highest BCUT2D eigenvalue weighted by molar-refractivity contribution is 8.26. The highest BCUT2D eigenvalue weighted by Gasteiger charge is 2.32. The van der Waals surface area contributed by atoms with Crippen LogP contribution >= 0.6 is 24.0 Å². The average Bonchev–Trinajstić information content (AvgIpc) is 3.55. The van der Waals surface area contributed by atoms with Crippen LogP contribution in [0.15, 0.2) is 46.2 Å². The molecular weight excluding hydrogens is 536 g/mol. The molecule has 1 atom stereocenters. The van der Waals surface area contributed by atoms with E-state index in [1.165, 1.54) is 16.2 Å². The Morgan fingerprint density at radius 3 is 2.77 bits per heavy atom. The summed E-state index contributed by atoms with van der Waals surface area (Å²) in [6.07, 6.45) is 5.96. The second-order valence-electron chi connectivity index (χ2n) is 9.40. The number of fused-ring (bicyclic) bond motifs is 1. The first-order valence-corrected chi connectivity index (χ1v) is 13.9. The van der Waals surface area contributed by atoms with Crippen molar-refractivity contribution in [3.8, 4) is 11.5 Å². The van der Waals surface area contributed by atoms with Crippen molar-refractivity contribution in [2.24, 2.45) is 0 Å². The Hall–Kier alpha value is -3.41. The SMILES string of the molecule is COc1ccc(CCN2C(=O)/C(=C\c3c(NCC4CCCO4)nc4ccc(C)cn4c3=O)SC2=S)cc1OC. The molecule has 4 heterocycles. The van der Waals surface area contributed by atoms with Gasteiger partial charge in [-0.15, -0.1) is 0 Å². The van der Waals surface area contributed by atoms with Crippen molar-refractivity contribution in [3.05, 3.63) is 68.5 Å². The van der Waals surface area contributed by atoms with Crippen molar-refractivity contribution in [1.82, 2.24) is 14.3 Å². The molecule has 0 saturated carbocycles. The Kier molecular flexibility index (Phi) is 8.20. The molecule has 0 aliphatic carbocycles. The molecular formula is C28H30N4O5S2. The second kappa shape index (κ2) is 11.8. The van der Waals surface area contributed by atoms with E-state index in [0.29, 0.717) is 57.3 Å². The molecule has 2 fully saturated rings. The van der Waals surface area contributed by atoms with Gasteiger partial charge < -0.3 is 19.5 Å². The molecule has 2 saturated heterocycles. The molecule has 1 unspecified atom stereocenters. The number of pyridine rings is 1. The molecule has 1 N–H and O–H groups in total. The third-order valence-corrected chi connectivity index (χ3v) is 8.13. The van der Waals surface area contributed by atoms with Gasteiger partial charge in [0.2, 0.25) is 0 Å². The van der Waals surface area contributed by atoms with Crippen LogP contribution in [0.25, 0.3) is 11.7 Å². The van der Waals surface area contributed by atoms with Crippen molar-refractivity contribution in [3.63, 3.8) is 0 Å². The third-order valence-electron chi connectivity index (χ3n) is 6.75. The van der Waals surface area contributed by atoms with E-state index in [1.54, 1.807) is 31.4 Å². The molecule has 9 nitrogen and oxygen atoms in total. The summed E-state index contributed by atoms with van der Waals surface area (Å²) in [4.78, 5) is 33.7. The molecule has 2 aliphatic rings. The number of hydrogen-bond acceptors (Lipinski definition) is 9. The van der Waals surface area contributed by atoms with Gasteiger partial charge in [0.05, 0.1) is 30.8 Å². The van der Waals surface area contributed by atoms with Crippen molar-refractivity contribution in [1.29, 1.82) is 0 Å². The summed E-state index contributed by atoms with van der Waals surface area (Å²) >= 11 is 6.74. The first-order chi connectivity index (χ1) is 18.9. The number of carbonyl (C=O) groups is 1. The molecule has 2 aliphatic heterocycles. The molecule has 0 radical (unpaired) electrons. The first kappa shape index (κ1) is 27.2. The number of thiocarbonyl (C=S) groups is 1. The van der Waals surface area contributed by atoms with Gasteiger partial charge in [0.1, 0.15) is 15.8 Å². The van der Waals surface area contributed by atoms with Gasteiger partial charge in [-0.2, -0.15) is 0 Å². The summed E-state index contributed by atoms with van der Waals surface area (Å²) in [6, 6.07) is 9.39. The fraction of sp³-hybridized carbons (Fsp3) is 0.357. The number of aromatic nitrogens is 2. The predicted molar refractivity (Wildman–Crippen MR) is 157 cm³/mol. The third kappa shape index (κ3) is 5.80. The maximum Gasteiger partial charge on any atom is 0.267 e. The van der Waals surface area contributed by atoms with E-state index in [0.717, 1.165) is 30.6 Å². The number of ether oxygens (including phenoxy) is 3. The normalized spacial score (nSPS) is 18.4. The average molecular weight is 567 g/mol. The number of nitrogens with zero attached hydrogens (tertiary/aromatic N) is 3. The summed E-state index contributed by atoms with van der Waals surface area (Å²) in [5.41, 5.74) is 2.50. The van der Waals surface area contributed by atoms with E-state index in [1.807, 2.05) is 37.3 Å². The largest absolute Gasteiger partial charge is 0.493 e. The number of anilines is 1. The number of benzene rings is 1. The number of hydrogen-bond donors (Lipinski definition) is 1. The molecule has 0 bridgehead atoms. The van der Waals surface area contributed by atoms with E-state index < -0.39 is 0 Å². The number of rotatable bonds is 9. The monoisotopic (exact) mass is 566 g/mol. The standard InChI is InChI=1S/C28H30N4O5S2/c1-17-6-9-24-30-25(29-15-19-5-4-12-37-19)20(26(33)32(24)16-17)14-23-27(34)31(28(38)39-23)11-10-18-7-8-21(35-2)22(13-18)36-3/h6-9,13-14,16,19,29H,4-5,10-12,15H2,1-3H3/b23-14+. The van der Waals surface area contributed by atoms with E-state index in [4.69, 9.17) is 31.4 Å². The van der Waals surface area contributed by atoms with Gasteiger partial charge in [-0.3, -0.25) is 18.9 Å². The first-order valence-electron chi connectivity index (χ1n) is 12.7. The molecule has 5 rings (SSSR count). The molecule has 11 heteroatoms. The Morgan fingerprint density at radius 2 is 2.03 bits per heavy atom. The molecule has 1 amide bonds. The topological polar surface area (TPSA) is 94.4 Å². The molecule has 3 aromatic rings. The van der Waals surface area contributed by atoms with Crippen LogP contribution in [0, 0.1) is 6.92 Å². The van der Waals surface area contributed by atoms with Crippen LogP contribution in [0.1, 0.15) is 29.5 Å². The summed E-state index contributed by atoms with van der Waals surface area (Å²) in [6.45, 7) is 3.58. The molecule has 2 aromatic heterocycles. The van der Waals surface area contributed by atoms with Crippen LogP contribution in [0.2, 0.25) is 0 Å². The van der Waals surface area contributed by atoms with Crippen LogP contribution in [0.4, 0.5) is 5.82 Å². The molecule has 0 spiro atoms. The summed E-state index contributed by atoms with van der Waals surface area (Å²) in [5, 5.41) is 3.30. The second-order valence-corrected chi connectivity index (χ2v) is 11.1. The molecule has 39 heavy (non-hydrogen) atoms. The van der Waals surface area contributed by atoms with E-state index in [2.05, 4.69) is 5.32 Å². The smallest absolute Gasteiger partial charge is 0.267 e. The quantitative estimate of drug-likeness (QED) is 0.304. The van der Waals surface area contributed by atoms with Gasteiger partial charge in [0, 0.05) is 25.9 Å². The van der Waals surface area contributed by atoms with Gasteiger partial charge in [-0.25, -0.2) is 4.98 Å². The zero-order chi connectivity index (χ0) is 27.5. The van der Waals surface area contributed by atoms with Crippen LogP contribution in [0.5, 0.6) is 11.5 Å². The highest BCUT2D eigenvalue weighted by atomic mass is 32.2. The lowest BCUT2D eigenvalue weighted by molar-refractivity contribution is -0.122. The minimum Gasteiger partial charge on any atom is -0.493 e. The van der Waals surface area contributed by atoms with E-state index in [-0.39, 0.29) is 17.6 Å². The maximum atomic E-state index is 13.6. The van der Waals surface area contributed by atoms with Crippen LogP contribution in [-0.2, 0) is 16.0 Å². The zero-order valence-electron chi connectivity index (χ0n) is 22.1. The summed E-state index contributed by atoms with van der Waals surface area (Å²) < 4.78 is 18.4. The van der Waals surface area contributed by atoms with E-state index >= 15 is 0 Å². The highest BCUT2D eigenvalue weighted by Crippen LogP contribution is 2.34. The lowest BCUT2D eigenvalue weighted by Gasteiger charge is -2.15. The molecule has 1 aromatic carbocycles. The number of carbonyl (C=O) groups excluding carboxylic acids is 1. The maximum absolute atomic E-state index is 13.6. The Morgan fingerprint density at radius 1 is 1.21 bits per heavy atom. The fourth-order valence-electron chi connectivity index (χ4n) is 4.64. The fourth-order valence-corrected chi connectivity index (χ4v) is 5.93. The van der Waals surface area contributed by atoms with Crippen molar-refractivity contribution >= 4 is 51.7 Å². The van der Waals surface area contributed by atoms with Gasteiger partial charge in [0.25, 0.3) is 11.5 Å². The van der Waals surface area contributed by atoms with Crippen molar-refractivity contribution in [2.75, 3.05) is 39.2 Å². The summed E-state index contributed by atoms with van der Waals surface area (Å²) in [5.74, 6) is 1.46. The van der Waals surface area contributed by atoms with Crippen molar-refractivity contribution < 1.29 is 19.0 Å². The lowest BCUT2D eigenvalue weighted by Crippen LogP contribution is -2.30. The Bertz CT molecular complexity index is 1510. The lowest BCUT2D eigenvalue weighted by atomic mass is 10.1. The predicted octanol–water partition coefficient (Wildman–Crippen LogP) is 4.05. The number of thioether (sulfide) groups is 1. The zero-order valence-corrected chi connectivity index (χ0v) is 23.7. The molecule has 204 valence electrons. The van der Waals surface area contributed by atoms with E-state index in [9.17, 15) is 9.59 Å².